The minimum Gasteiger partial charge on any atom is -0.466 e. The van der Waals surface area contributed by atoms with Crippen LogP contribution in [0.4, 0.5) is 0 Å². The zero-order valence-electron chi connectivity index (χ0n) is 17.5. The van der Waals surface area contributed by atoms with Gasteiger partial charge in [0, 0.05) is 12.8 Å². The van der Waals surface area contributed by atoms with E-state index in [1.165, 1.54) is 38.5 Å². The van der Waals surface area contributed by atoms with Gasteiger partial charge >= 0.3 is 11.9 Å². The number of carbonyl (C=O) groups excluding carboxylic acids is 2. The SMILES string of the molecule is CCCCCCCCCCOC(=O)CCCCCC(=O)OC(C)CCC. The van der Waals surface area contributed by atoms with Gasteiger partial charge in [-0.05, 0) is 32.6 Å². The van der Waals surface area contributed by atoms with Crippen LogP contribution in [0.2, 0.25) is 0 Å². The summed E-state index contributed by atoms with van der Waals surface area (Å²) in [5.41, 5.74) is 0. The standard InChI is InChI=1S/C22H42O4/c1-4-6-7-8-9-10-11-15-19-25-21(23)17-13-12-14-18-22(24)26-20(3)16-5-2/h20H,4-19H2,1-3H3. The Morgan fingerprint density at radius 1 is 0.692 bits per heavy atom. The molecule has 0 N–H and O–H groups in total. The van der Waals surface area contributed by atoms with E-state index in [0.717, 1.165) is 44.9 Å². The first-order valence-electron chi connectivity index (χ1n) is 10.9. The Morgan fingerprint density at radius 2 is 1.23 bits per heavy atom. The van der Waals surface area contributed by atoms with Crippen LogP contribution >= 0.6 is 0 Å². The molecule has 26 heavy (non-hydrogen) atoms. The normalized spacial score (nSPS) is 12.0. The van der Waals surface area contributed by atoms with Crippen LogP contribution in [0, 0.1) is 0 Å². The van der Waals surface area contributed by atoms with Crippen molar-refractivity contribution < 1.29 is 19.1 Å². The van der Waals surface area contributed by atoms with Gasteiger partial charge < -0.3 is 9.47 Å². The monoisotopic (exact) mass is 370 g/mol. The number of hydrogen-bond donors (Lipinski definition) is 0. The van der Waals surface area contributed by atoms with E-state index in [9.17, 15) is 9.59 Å². The third-order valence-electron chi connectivity index (χ3n) is 4.55. The van der Waals surface area contributed by atoms with Gasteiger partial charge in [0.05, 0.1) is 12.7 Å². The van der Waals surface area contributed by atoms with Crippen LogP contribution < -0.4 is 0 Å². The van der Waals surface area contributed by atoms with Crippen LogP contribution in [-0.2, 0) is 19.1 Å². The lowest BCUT2D eigenvalue weighted by Crippen LogP contribution is -2.14. The third-order valence-corrected chi connectivity index (χ3v) is 4.55. The maximum absolute atomic E-state index is 11.7. The van der Waals surface area contributed by atoms with Crippen LogP contribution in [0.5, 0.6) is 0 Å². The second-order valence-electron chi connectivity index (χ2n) is 7.35. The van der Waals surface area contributed by atoms with Gasteiger partial charge in [0.1, 0.15) is 0 Å². The number of unbranched alkanes of at least 4 members (excludes halogenated alkanes) is 9. The predicted molar refractivity (Wildman–Crippen MR) is 107 cm³/mol. The van der Waals surface area contributed by atoms with Gasteiger partial charge in [0.2, 0.25) is 0 Å². The second-order valence-corrected chi connectivity index (χ2v) is 7.35. The lowest BCUT2D eigenvalue weighted by Gasteiger charge is -2.11. The molecule has 0 amide bonds. The van der Waals surface area contributed by atoms with E-state index >= 15 is 0 Å². The van der Waals surface area contributed by atoms with Crippen molar-refractivity contribution in [2.24, 2.45) is 0 Å². The molecule has 0 fully saturated rings. The van der Waals surface area contributed by atoms with Crippen molar-refractivity contribution in [1.29, 1.82) is 0 Å². The number of ether oxygens (including phenoxy) is 2. The number of esters is 2. The number of hydrogen-bond acceptors (Lipinski definition) is 4. The summed E-state index contributed by atoms with van der Waals surface area (Å²) in [4.78, 5) is 23.3. The molecule has 0 aliphatic carbocycles. The van der Waals surface area contributed by atoms with E-state index in [2.05, 4.69) is 13.8 Å². The van der Waals surface area contributed by atoms with Crippen molar-refractivity contribution in [3.8, 4) is 0 Å². The molecule has 1 unspecified atom stereocenters. The molecule has 0 aromatic rings. The molecule has 0 bridgehead atoms. The van der Waals surface area contributed by atoms with Gasteiger partial charge in [-0.3, -0.25) is 9.59 Å². The fraction of sp³-hybridized carbons (Fsp3) is 0.909. The van der Waals surface area contributed by atoms with Crippen molar-refractivity contribution in [3.63, 3.8) is 0 Å². The third kappa shape index (κ3) is 17.8. The smallest absolute Gasteiger partial charge is 0.306 e. The van der Waals surface area contributed by atoms with Crippen LogP contribution in [-0.4, -0.2) is 24.6 Å². The Balaban J connectivity index is 3.35. The maximum atomic E-state index is 11.7. The first-order chi connectivity index (χ1) is 12.6. The van der Waals surface area contributed by atoms with Crippen LogP contribution in [0.1, 0.15) is 117 Å². The van der Waals surface area contributed by atoms with Crippen molar-refractivity contribution in [2.45, 2.75) is 123 Å². The molecule has 0 aliphatic heterocycles. The van der Waals surface area contributed by atoms with Crippen molar-refractivity contribution in [3.05, 3.63) is 0 Å². The molecule has 0 aromatic carbocycles. The molecule has 4 heteroatoms. The van der Waals surface area contributed by atoms with Crippen molar-refractivity contribution in [2.75, 3.05) is 6.61 Å². The van der Waals surface area contributed by atoms with Crippen molar-refractivity contribution in [1.82, 2.24) is 0 Å². The quantitative estimate of drug-likeness (QED) is 0.208. The average Bonchev–Trinajstić information content (AvgIpc) is 2.60. The molecule has 0 aliphatic rings. The van der Waals surface area contributed by atoms with Gasteiger partial charge in [0.15, 0.2) is 0 Å². The molecule has 0 saturated carbocycles. The van der Waals surface area contributed by atoms with Gasteiger partial charge in [-0.2, -0.15) is 0 Å². The highest BCUT2D eigenvalue weighted by Crippen LogP contribution is 2.10. The predicted octanol–water partition coefficient (Wildman–Crippen LogP) is 6.35. The van der Waals surface area contributed by atoms with Gasteiger partial charge in [-0.15, -0.1) is 0 Å². The zero-order valence-corrected chi connectivity index (χ0v) is 17.5. The molecule has 4 nitrogen and oxygen atoms in total. The first-order valence-corrected chi connectivity index (χ1v) is 10.9. The molecular weight excluding hydrogens is 328 g/mol. The Labute approximate surface area is 161 Å². The summed E-state index contributed by atoms with van der Waals surface area (Å²) in [5, 5.41) is 0. The zero-order chi connectivity index (χ0) is 19.5. The molecule has 0 saturated heterocycles. The number of carbonyl (C=O) groups is 2. The fourth-order valence-electron chi connectivity index (χ4n) is 2.96. The lowest BCUT2D eigenvalue weighted by molar-refractivity contribution is -0.148. The van der Waals surface area contributed by atoms with E-state index in [-0.39, 0.29) is 18.0 Å². The lowest BCUT2D eigenvalue weighted by atomic mass is 10.1. The Morgan fingerprint density at radius 3 is 1.85 bits per heavy atom. The van der Waals surface area contributed by atoms with E-state index in [1.54, 1.807) is 0 Å². The highest BCUT2D eigenvalue weighted by molar-refractivity contribution is 5.70. The fourth-order valence-corrected chi connectivity index (χ4v) is 2.96. The van der Waals surface area contributed by atoms with E-state index in [0.29, 0.717) is 19.4 Å². The molecule has 0 radical (unpaired) electrons. The highest BCUT2D eigenvalue weighted by Gasteiger charge is 2.08. The summed E-state index contributed by atoms with van der Waals surface area (Å²) < 4.78 is 10.6. The summed E-state index contributed by atoms with van der Waals surface area (Å²) in [6.07, 6.45) is 15.3. The summed E-state index contributed by atoms with van der Waals surface area (Å²) in [6, 6.07) is 0. The molecule has 0 heterocycles. The maximum Gasteiger partial charge on any atom is 0.306 e. The van der Waals surface area contributed by atoms with Crippen LogP contribution in [0.25, 0.3) is 0 Å². The Hall–Kier alpha value is -1.06. The van der Waals surface area contributed by atoms with E-state index in [1.807, 2.05) is 6.92 Å². The molecule has 0 rings (SSSR count). The molecule has 0 spiro atoms. The molecule has 1 atom stereocenters. The van der Waals surface area contributed by atoms with Crippen molar-refractivity contribution >= 4 is 11.9 Å². The van der Waals surface area contributed by atoms with Crippen LogP contribution in [0.15, 0.2) is 0 Å². The summed E-state index contributed by atoms with van der Waals surface area (Å²) >= 11 is 0. The van der Waals surface area contributed by atoms with E-state index < -0.39 is 0 Å². The molecule has 154 valence electrons. The minimum atomic E-state index is -0.122. The van der Waals surface area contributed by atoms with Crippen LogP contribution in [0.3, 0.4) is 0 Å². The average molecular weight is 371 g/mol. The molecular formula is C22H42O4. The van der Waals surface area contributed by atoms with Gasteiger partial charge in [0.25, 0.3) is 0 Å². The van der Waals surface area contributed by atoms with Gasteiger partial charge in [-0.1, -0.05) is 71.6 Å². The Kier molecular flexibility index (Phi) is 18.0. The largest absolute Gasteiger partial charge is 0.466 e. The Bertz CT molecular complexity index is 341. The molecule has 0 aromatic heterocycles. The topological polar surface area (TPSA) is 52.6 Å². The highest BCUT2D eigenvalue weighted by atomic mass is 16.5. The van der Waals surface area contributed by atoms with Gasteiger partial charge in [-0.25, -0.2) is 0 Å². The second kappa shape index (κ2) is 18.7. The first kappa shape index (κ1) is 24.9. The minimum absolute atomic E-state index is 0.0128. The summed E-state index contributed by atoms with van der Waals surface area (Å²) in [5.74, 6) is -0.227. The summed E-state index contributed by atoms with van der Waals surface area (Å²) in [6.45, 7) is 6.80. The summed E-state index contributed by atoms with van der Waals surface area (Å²) in [7, 11) is 0. The number of rotatable bonds is 18. The van der Waals surface area contributed by atoms with E-state index in [4.69, 9.17) is 9.47 Å².